The number of nitro groups is 1. The van der Waals surface area contributed by atoms with Crippen molar-refractivity contribution in [1.82, 2.24) is 0 Å². The van der Waals surface area contributed by atoms with Crippen LogP contribution in [0, 0.1) is 10.1 Å². The Morgan fingerprint density at radius 1 is 1.40 bits per heavy atom. The number of benzene rings is 1. The molecule has 0 unspecified atom stereocenters. The molecule has 1 aromatic rings. The molecular formula is C12H18N2O5S. The Balaban J connectivity index is 3.58. The van der Waals surface area contributed by atoms with Gasteiger partial charge in [-0.05, 0) is 26.0 Å². The van der Waals surface area contributed by atoms with Gasteiger partial charge in [0.1, 0.15) is 10.6 Å². The SMILES string of the molecule is CC(C)N(CCO)c1cccc(S(C)(=O)=O)c1[N+](=O)[O-]. The van der Waals surface area contributed by atoms with Crippen LogP contribution in [0.3, 0.4) is 0 Å². The van der Waals surface area contributed by atoms with Crippen molar-refractivity contribution in [2.45, 2.75) is 24.8 Å². The standard InChI is InChI=1S/C12H18N2O5S/c1-9(2)13(7-8-15)10-5-4-6-11(20(3,18)19)12(10)14(16)17/h4-6,9,15H,7-8H2,1-3H3. The molecule has 0 aromatic heterocycles. The second kappa shape index (κ2) is 6.19. The van der Waals surface area contributed by atoms with Crippen LogP contribution in [0.1, 0.15) is 13.8 Å². The number of hydrogen-bond acceptors (Lipinski definition) is 6. The quantitative estimate of drug-likeness (QED) is 0.626. The Bertz CT molecular complexity index is 598. The van der Waals surface area contributed by atoms with Crippen LogP contribution in [0.4, 0.5) is 11.4 Å². The number of nitrogens with zero attached hydrogens (tertiary/aromatic N) is 2. The second-order valence-corrected chi connectivity index (χ2v) is 6.65. The van der Waals surface area contributed by atoms with Crippen LogP contribution < -0.4 is 4.90 Å². The number of para-hydroxylation sites is 1. The molecular weight excluding hydrogens is 284 g/mol. The fraction of sp³-hybridized carbons (Fsp3) is 0.500. The van der Waals surface area contributed by atoms with Crippen LogP contribution in [0.2, 0.25) is 0 Å². The molecule has 1 rings (SSSR count). The van der Waals surface area contributed by atoms with E-state index in [9.17, 15) is 18.5 Å². The first kappa shape index (κ1) is 16.4. The highest BCUT2D eigenvalue weighted by atomic mass is 32.2. The van der Waals surface area contributed by atoms with Crippen LogP contribution in [-0.2, 0) is 9.84 Å². The zero-order chi connectivity index (χ0) is 15.5. The van der Waals surface area contributed by atoms with Gasteiger partial charge in [-0.3, -0.25) is 10.1 Å². The maximum Gasteiger partial charge on any atom is 0.311 e. The maximum absolute atomic E-state index is 11.7. The van der Waals surface area contributed by atoms with Crippen molar-refractivity contribution in [2.75, 3.05) is 24.3 Å². The summed E-state index contributed by atoms with van der Waals surface area (Å²) in [5.74, 6) is 0. The summed E-state index contributed by atoms with van der Waals surface area (Å²) in [4.78, 5) is 11.9. The van der Waals surface area contributed by atoms with Gasteiger partial charge in [0.2, 0.25) is 0 Å². The number of nitro benzene ring substituents is 1. The third kappa shape index (κ3) is 3.45. The zero-order valence-electron chi connectivity index (χ0n) is 11.6. The van der Waals surface area contributed by atoms with Crippen molar-refractivity contribution in [3.8, 4) is 0 Å². The molecule has 0 saturated heterocycles. The molecule has 1 N–H and O–H groups in total. The van der Waals surface area contributed by atoms with Crippen molar-refractivity contribution in [2.24, 2.45) is 0 Å². The Labute approximate surface area is 117 Å². The normalized spacial score (nSPS) is 11.7. The molecule has 0 saturated carbocycles. The molecule has 0 amide bonds. The molecule has 0 bridgehead atoms. The lowest BCUT2D eigenvalue weighted by Crippen LogP contribution is -2.34. The number of anilines is 1. The summed E-state index contributed by atoms with van der Waals surface area (Å²) >= 11 is 0. The molecule has 20 heavy (non-hydrogen) atoms. The van der Waals surface area contributed by atoms with Gasteiger partial charge >= 0.3 is 5.69 Å². The topological polar surface area (TPSA) is 101 Å². The van der Waals surface area contributed by atoms with Crippen molar-refractivity contribution in [1.29, 1.82) is 0 Å². The van der Waals surface area contributed by atoms with Gasteiger partial charge in [0.05, 0.1) is 11.5 Å². The molecule has 0 spiro atoms. The van der Waals surface area contributed by atoms with E-state index < -0.39 is 20.4 Å². The third-order valence-corrected chi connectivity index (χ3v) is 3.96. The molecule has 0 aliphatic carbocycles. The largest absolute Gasteiger partial charge is 0.395 e. The summed E-state index contributed by atoms with van der Waals surface area (Å²) < 4.78 is 23.4. The van der Waals surface area contributed by atoms with E-state index in [0.717, 1.165) is 6.26 Å². The molecule has 0 aliphatic heterocycles. The summed E-state index contributed by atoms with van der Waals surface area (Å²) in [5.41, 5.74) is -0.251. The maximum atomic E-state index is 11.7. The van der Waals surface area contributed by atoms with Gasteiger partial charge in [-0.1, -0.05) is 6.07 Å². The fourth-order valence-electron chi connectivity index (χ4n) is 1.99. The average Bonchev–Trinajstić information content (AvgIpc) is 2.33. The molecule has 0 radical (unpaired) electrons. The summed E-state index contributed by atoms with van der Waals surface area (Å²) in [5, 5.41) is 20.3. The average molecular weight is 302 g/mol. The molecule has 0 atom stereocenters. The number of rotatable bonds is 6. The van der Waals surface area contributed by atoms with E-state index in [1.54, 1.807) is 4.90 Å². The Kier molecular flexibility index (Phi) is 5.07. The Morgan fingerprint density at radius 2 is 2.00 bits per heavy atom. The lowest BCUT2D eigenvalue weighted by Gasteiger charge is -2.28. The number of aliphatic hydroxyl groups excluding tert-OH is 1. The zero-order valence-corrected chi connectivity index (χ0v) is 12.4. The van der Waals surface area contributed by atoms with Gasteiger partial charge in [-0.25, -0.2) is 8.42 Å². The number of sulfone groups is 1. The van der Waals surface area contributed by atoms with Crippen LogP contribution in [0.25, 0.3) is 0 Å². The minimum Gasteiger partial charge on any atom is -0.395 e. The Hall–Kier alpha value is -1.67. The molecule has 1 aromatic carbocycles. The van der Waals surface area contributed by atoms with Gasteiger partial charge in [-0.2, -0.15) is 0 Å². The number of hydrogen-bond donors (Lipinski definition) is 1. The third-order valence-electron chi connectivity index (χ3n) is 2.83. The molecule has 0 heterocycles. The molecule has 112 valence electrons. The molecule has 0 fully saturated rings. The van der Waals surface area contributed by atoms with Crippen LogP contribution in [0.15, 0.2) is 23.1 Å². The summed E-state index contributed by atoms with van der Waals surface area (Å²) in [6, 6.07) is 4.05. The van der Waals surface area contributed by atoms with Crippen molar-refractivity contribution in [3.05, 3.63) is 28.3 Å². The van der Waals surface area contributed by atoms with Gasteiger partial charge in [0, 0.05) is 18.8 Å². The minimum atomic E-state index is -3.71. The lowest BCUT2D eigenvalue weighted by molar-refractivity contribution is -0.387. The van der Waals surface area contributed by atoms with Gasteiger partial charge < -0.3 is 10.0 Å². The van der Waals surface area contributed by atoms with Crippen molar-refractivity contribution < 1.29 is 18.4 Å². The van der Waals surface area contributed by atoms with Crippen molar-refractivity contribution in [3.63, 3.8) is 0 Å². The first-order valence-corrected chi connectivity index (χ1v) is 7.94. The van der Waals surface area contributed by atoms with Crippen LogP contribution >= 0.6 is 0 Å². The van der Waals surface area contributed by atoms with Gasteiger partial charge in [0.25, 0.3) is 0 Å². The highest BCUT2D eigenvalue weighted by molar-refractivity contribution is 7.90. The van der Waals surface area contributed by atoms with Gasteiger partial charge in [0.15, 0.2) is 9.84 Å². The first-order chi connectivity index (χ1) is 9.20. The van der Waals surface area contributed by atoms with Crippen LogP contribution in [0.5, 0.6) is 0 Å². The molecule has 0 aliphatic rings. The Morgan fingerprint density at radius 3 is 2.40 bits per heavy atom. The van der Waals surface area contributed by atoms with E-state index in [1.165, 1.54) is 18.2 Å². The molecule has 8 heteroatoms. The highest BCUT2D eigenvalue weighted by Crippen LogP contribution is 2.35. The highest BCUT2D eigenvalue weighted by Gasteiger charge is 2.29. The van der Waals surface area contributed by atoms with E-state index in [0.29, 0.717) is 0 Å². The monoisotopic (exact) mass is 302 g/mol. The number of aliphatic hydroxyl groups is 1. The molecule has 7 nitrogen and oxygen atoms in total. The van der Waals surface area contributed by atoms with E-state index in [2.05, 4.69) is 0 Å². The van der Waals surface area contributed by atoms with E-state index in [-0.39, 0.29) is 29.8 Å². The van der Waals surface area contributed by atoms with Gasteiger partial charge in [-0.15, -0.1) is 0 Å². The second-order valence-electron chi connectivity index (χ2n) is 4.66. The van der Waals surface area contributed by atoms with E-state index in [4.69, 9.17) is 5.11 Å². The van der Waals surface area contributed by atoms with Crippen LogP contribution in [-0.4, -0.2) is 43.9 Å². The van der Waals surface area contributed by atoms with Crippen molar-refractivity contribution >= 4 is 21.2 Å². The van der Waals surface area contributed by atoms with E-state index >= 15 is 0 Å². The lowest BCUT2D eigenvalue weighted by atomic mass is 10.2. The first-order valence-electron chi connectivity index (χ1n) is 6.05. The summed E-state index contributed by atoms with van der Waals surface area (Å²) in [6.07, 6.45) is 0.935. The predicted molar refractivity (Wildman–Crippen MR) is 75.8 cm³/mol. The summed E-state index contributed by atoms with van der Waals surface area (Å²) in [7, 11) is -3.71. The fourth-order valence-corrected chi connectivity index (χ4v) is 2.85. The summed E-state index contributed by atoms with van der Waals surface area (Å²) in [6.45, 7) is 3.63. The predicted octanol–water partition coefficient (Wildman–Crippen LogP) is 1.21. The van der Waals surface area contributed by atoms with E-state index in [1.807, 2.05) is 13.8 Å². The smallest absolute Gasteiger partial charge is 0.311 e. The minimum absolute atomic E-state index is 0.115.